The van der Waals surface area contributed by atoms with Crippen LogP contribution in [0.15, 0.2) is 48.5 Å². The molecule has 9 nitrogen and oxygen atoms in total. The molecule has 1 saturated heterocycles. The van der Waals surface area contributed by atoms with Gasteiger partial charge in [-0.2, -0.15) is 0 Å². The molecule has 9 heteroatoms. The second-order valence-corrected chi connectivity index (χ2v) is 7.05. The molecule has 2 heterocycles. The monoisotopic (exact) mass is 411 g/mol. The number of ether oxygens (including phenoxy) is 2. The van der Waals surface area contributed by atoms with Gasteiger partial charge in [-0.25, -0.2) is 4.79 Å². The van der Waals surface area contributed by atoms with E-state index >= 15 is 0 Å². The maximum absolute atomic E-state index is 12.6. The number of aliphatic hydroxyl groups is 1. The number of carbonyl (C=O) groups is 3. The number of urea groups is 1. The Balaban J connectivity index is 1.30. The predicted molar refractivity (Wildman–Crippen MR) is 104 cm³/mol. The van der Waals surface area contributed by atoms with Crippen LogP contribution in [-0.2, 0) is 16.1 Å². The maximum Gasteiger partial charge on any atom is 0.325 e. The van der Waals surface area contributed by atoms with Gasteiger partial charge in [-0.1, -0.05) is 36.4 Å². The molecule has 2 aliphatic rings. The topological polar surface area (TPSA) is 117 Å². The highest BCUT2D eigenvalue weighted by molar-refractivity contribution is 6.05. The lowest BCUT2D eigenvalue weighted by Crippen LogP contribution is -2.37. The molecule has 2 aromatic carbocycles. The predicted octanol–water partition coefficient (Wildman–Crippen LogP) is 1.08. The van der Waals surface area contributed by atoms with Crippen LogP contribution in [0.5, 0.6) is 11.5 Å². The highest BCUT2D eigenvalue weighted by atomic mass is 16.7. The van der Waals surface area contributed by atoms with Crippen LogP contribution in [0.25, 0.3) is 0 Å². The van der Waals surface area contributed by atoms with E-state index in [9.17, 15) is 19.5 Å². The summed E-state index contributed by atoms with van der Waals surface area (Å²) in [7, 11) is 0. The van der Waals surface area contributed by atoms with Gasteiger partial charge in [-0.15, -0.1) is 0 Å². The van der Waals surface area contributed by atoms with Gasteiger partial charge in [0.05, 0.1) is 19.1 Å². The third kappa shape index (κ3) is 4.20. The lowest BCUT2D eigenvalue weighted by atomic mass is 10.1. The molecule has 4 rings (SSSR count). The van der Waals surface area contributed by atoms with Crippen molar-refractivity contribution in [2.45, 2.75) is 25.1 Å². The molecule has 0 unspecified atom stereocenters. The molecule has 2 aromatic rings. The van der Waals surface area contributed by atoms with Crippen molar-refractivity contribution in [2.24, 2.45) is 0 Å². The first kappa shape index (κ1) is 19.7. The first-order valence-corrected chi connectivity index (χ1v) is 9.51. The molecule has 4 amide bonds. The van der Waals surface area contributed by atoms with E-state index in [0.717, 1.165) is 4.90 Å². The molecule has 0 aromatic heterocycles. The molecular weight excluding hydrogens is 390 g/mol. The Morgan fingerprint density at radius 1 is 1.17 bits per heavy atom. The van der Waals surface area contributed by atoms with Crippen molar-refractivity contribution in [3.8, 4) is 11.5 Å². The van der Waals surface area contributed by atoms with Crippen LogP contribution in [-0.4, -0.2) is 47.2 Å². The minimum absolute atomic E-state index is 0.0125. The number of fused-ring (bicyclic) bond motifs is 1. The van der Waals surface area contributed by atoms with Gasteiger partial charge in [0.25, 0.3) is 5.91 Å². The second kappa shape index (κ2) is 8.42. The molecule has 1 fully saturated rings. The molecule has 156 valence electrons. The van der Waals surface area contributed by atoms with E-state index in [-0.39, 0.29) is 26.3 Å². The van der Waals surface area contributed by atoms with Crippen LogP contribution in [0.3, 0.4) is 0 Å². The van der Waals surface area contributed by atoms with Crippen molar-refractivity contribution < 1.29 is 29.0 Å². The van der Waals surface area contributed by atoms with E-state index < -0.39 is 30.0 Å². The molecular formula is C21H21N3O6. The van der Waals surface area contributed by atoms with Gasteiger partial charge in [-0.3, -0.25) is 14.5 Å². The summed E-state index contributed by atoms with van der Waals surface area (Å²) in [6.45, 7) is 0.211. The Bertz CT molecular complexity index is 964. The molecule has 0 saturated carbocycles. The smallest absolute Gasteiger partial charge is 0.325 e. The van der Waals surface area contributed by atoms with Crippen LogP contribution in [0.4, 0.5) is 4.79 Å². The van der Waals surface area contributed by atoms with Crippen molar-refractivity contribution in [1.82, 2.24) is 15.5 Å². The van der Waals surface area contributed by atoms with E-state index in [1.807, 2.05) is 6.07 Å². The van der Waals surface area contributed by atoms with Gasteiger partial charge in [0.1, 0.15) is 6.04 Å². The van der Waals surface area contributed by atoms with Crippen LogP contribution in [0.1, 0.15) is 23.7 Å². The van der Waals surface area contributed by atoms with Crippen LogP contribution < -0.4 is 20.1 Å². The van der Waals surface area contributed by atoms with Gasteiger partial charge in [0.2, 0.25) is 12.7 Å². The van der Waals surface area contributed by atoms with E-state index in [4.69, 9.17) is 9.47 Å². The number of carbonyl (C=O) groups excluding carboxylic acids is 3. The summed E-state index contributed by atoms with van der Waals surface area (Å²) in [4.78, 5) is 38.1. The van der Waals surface area contributed by atoms with Crippen molar-refractivity contribution in [2.75, 3.05) is 13.3 Å². The normalized spacial score (nSPS) is 18.3. The van der Waals surface area contributed by atoms with Gasteiger partial charge >= 0.3 is 6.03 Å². The van der Waals surface area contributed by atoms with Crippen molar-refractivity contribution in [3.05, 3.63) is 59.7 Å². The number of benzene rings is 2. The summed E-state index contributed by atoms with van der Waals surface area (Å²) in [5.74, 6) is 0.264. The number of nitrogens with zero attached hydrogens (tertiary/aromatic N) is 1. The van der Waals surface area contributed by atoms with Gasteiger partial charge in [0, 0.05) is 6.54 Å². The number of rotatable bonds is 7. The molecule has 3 N–H and O–H groups in total. The number of aliphatic hydroxyl groups excluding tert-OH is 1. The van der Waals surface area contributed by atoms with Crippen LogP contribution in [0.2, 0.25) is 0 Å². The highest BCUT2D eigenvalue weighted by Crippen LogP contribution is 2.33. The molecule has 0 bridgehead atoms. The Labute approximate surface area is 172 Å². The molecule has 2 atom stereocenters. The zero-order valence-corrected chi connectivity index (χ0v) is 16.0. The summed E-state index contributed by atoms with van der Waals surface area (Å²) in [6, 6.07) is 12.6. The average Bonchev–Trinajstić information content (AvgIpc) is 3.32. The fraction of sp³-hybridized carbons (Fsp3) is 0.286. The molecule has 0 spiro atoms. The second-order valence-electron chi connectivity index (χ2n) is 7.05. The molecule has 2 aliphatic heterocycles. The SMILES string of the molecule is O=C(C[C@@H]1NC(=O)N(Cc2ccc3c(c2)OCO3)C1=O)NC[C@@H](O)c1ccccc1. The van der Waals surface area contributed by atoms with Crippen molar-refractivity contribution in [3.63, 3.8) is 0 Å². The standard InChI is InChI=1S/C21H21N3O6/c25-16(14-4-2-1-3-5-14)10-22-19(26)9-15-20(27)24(21(28)23-15)11-13-6-7-17-18(8-13)30-12-29-17/h1-8,15-16,25H,9-12H2,(H,22,26)(H,23,28)/t15-,16+/m0/s1. The number of imide groups is 1. The van der Waals surface area contributed by atoms with E-state index in [1.165, 1.54) is 0 Å². The van der Waals surface area contributed by atoms with Crippen LogP contribution >= 0.6 is 0 Å². The van der Waals surface area contributed by atoms with E-state index in [1.54, 1.807) is 42.5 Å². The fourth-order valence-electron chi connectivity index (χ4n) is 3.35. The highest BCUT2D eigenvalue weighted by Gasteiger charge is 2.39. The molecule has 30 heavy (non-hydrogen) atoms. The zero-order valence-electron chi connectivity index (χ0n) is 16.0. The van der Waals surface area contributed by atoms with Crippen molar-refractivity contribution in [1.29, 1.82) is 0 Å². The van der Waals surface area contributed by atoms with Crippen LogP contribution in [0, 0.1) is 0 Å². The number of hydrogen-bond donors (Lipinski definition) is 3. The van der Waals surface area contributed by atoms with Gasteiger partial charge in [0.15, 0.2) is 11.5 Å². The van der Waals surface area contributed by atoms with E-state index in [2.05, 4.69) is 10.6 Å². The zero-order chi connectivity index (χ0) is 21.1. The number of amides is 4. The quantitative estimate of drug-likeness (QED) is 0.587. The summed E-state index contributed by atoms with van der Waals surface area (Å²) in [5.41, 5.74) is 1.39. The van der Waals surface area contributed by atoms with Gasteiger partial charge < -0.3 is 25.2 Å². The molecule has 0 aliphatic carbocycles. The average molecular weight is 411 g/mol. The Kier molecular flexibility index (Phi) is 5.53. The lowest BCUT2D eigenvalue weighted by molar-refractivity contribution is -0.131. The largest absolute Gasteiger partial charge is 0.454 e. The lowest BCUT2D eigenvalue weighted by Gasteiger charge is -2.14. The maximum atomic E-state index is 12.6. The first-order valence-electron chi connectivity index (χ1n) is 9.51. The van der Waals surface area contributed by atoms with Crippen molar-refractivity contribution >= 4 is 17.8 Å². The third-order valence-electron chi connectivity index (χ3n) is 4.95. The third-order valence-corrected chi connectivity index (χ3v) is 4.95. The van der Waals surface area contributed by atoms with E-state index in [0.29, 0.717) is 22.6 Å². The Hall–Kier alpha value is -3.59. The summed E-state index contributed by atoms with van der Waals surface area (Å²) >= 11 is 0. The number of nitrogens with one attached hydrogen (secondary N) is 2. The number of hydrogen-bond acceptors (Lipinski definition) is 6. The van der Waals surface area contributed by atoms with Gasteiger partial charge in [-0.05, 0) is 23.3 Å². The summed E-state index contributed by atoms with van der Waals surface area (Å²) < 4.78 is 10.6. The minimum Gasteiger partial charge on any atom is -0.454 e. The fourth-order valence-corrected chi connectivity index (χ4v) is 3.35. The Morgan fingerprint density at radius 2 is 1.93 bits per heavy atom. The Morgan fingerprint density at radius 3 is 2.73 bits per heavy atom. The summed E-state index contributed by atoms with van der Waals surface area (Å²) in [5, 5.41) is 15.2. The summed E-state index contributed by atoms with van der Waals surface area (Å²) in [6.07, 6.45) is -1.06. The molecule has 0 radical (unpaired) electrons. The minimum atomic E-state index is -0.944. The first-order chi connectivity index (χ1) is 14.5.